The summed E-state index contributed by atoms with van der Waals surface area (Å²) in [5, 5.41) is 0. The van der Waals surface area contributed by atoms with Gasteiger partial charge in [-0.25, -0.2) is 0 Å². The van der Waals surface area contributed by atoms with E-state index in [-0.39, 0.29) is 41.3 Å². The summed E-state index contributed by atoms with van der Waals surface area (Å²) < 4.78 is 33.9. The van der Waals surface area contributed by atoms with Crippen LogP contribution in [0.25, 0.3) is 0 Å². The number of hydrogen-bond donors (Lipinski definition) is 0. The van der Waals surface area contributed by atoms with Crippen molar-refractivity contribution in [2.75, 3.05) is 0 Å². The summed E-state index contributed by atoms with van der Waals surface area (Å²) >= 11 is 0. The standard InChI is InChI=1S/C5H5F3O2.Pr/c1-3(9)2-4(10)5(6,7)8;/h2H2,1H3;. The Kier molecular flexibility index (Phi) is 6.63. The van der Waals surface area contributed by atoms with Crippen LogP contribution in [0.2, 0.25) is 0 Å². The maximum Gasteiger partial charge on any atom is 0.450 e. The minimum atomic E-state index is -4.87. The number of alkyl halides is 3. The molecule has 0 aromatic carbocycles. The van der Waals surface area contributed by atoms with E-state index in [0.29, 0.717) is 0 Å². The Morgan fingerprint density at radius 2 is 1.64 bits per heavy atom. The van der Waals surface area contributed by atoms with Gasteiger partial charge in [-0.1, -0.05) is 0 Å². The number of carbonyl (C=O) groups excluding carboxylic acids is 2. The number of carbonyl (C=O) groups is 2. The summed E-state index contributed by atoms with van der Waals surface area (Å²) in [6.07, 6.45) is -5.92. The van der Waals surface area contributed by atoms with Gasteiger partial charge < -0.3 is 0 Å². The van der Waals surface area contributed by atoms with Crippen molar-refractivity contribution in [2.24, 2.45) is 0 Å². The van der Waals surface area contributed by atoms with E-state index in [9.17, 15) is 22.8 Å². The second-order valence-electron chi connectivity index (χ2n) is 1.80. The molecule has 6 heteroatoms. The Hall–Kier alpha value is 0.494. The van der Waals surface area contributed by atoms with Crippen LogP contribution in [0.4, 0.5) is 13.2 Å². The van der Waals surface area contributed by atoms with E-state index in [2.05, 4.69) is 0 Å². The van der Waals surface area contributed by atoms with Crippen molar-refractivity contribution in [1.29, 1.82) is 0 Å². The molecule has 0 aliphatic carbocycles. The molecule has 0 amide bonds. The van der Waals surface area contributed by atoms with Crippen LogP contribution in [0.3, 0.4) is 0 Å². The number of rotatable bonds is 2. The van der Waals surface area contributed by atoms with E-state index in [0.717, 1.165) is 6.92 Å². The Bertz CT molecular complexity index is 164. The Labute approximate surface area is 94.5 Å². The van der Waals surface area contributed by atoms with E-state index in [1.165, 1.54) is 0 Å². The SMILES string of the molecule is CC(=O)CC(=O)C(F)(F)F.[Pr]. The summed E-state index contributed by atoms with van der Waals surface area (Å²) in [6, 6.07) is 0. The maximum atomic E-state index is 11.3. The van der Waals surface area contributed by atoms with Crippen LogP contribution >= 0.6 is 0 Å². The van der Waals surface area contributed by atoms with E-state index < -0.39 is 24.2 Å². The molecule has 0 heterocycles. The predicted octanol–water partition coefficient (Wildman–Crippen LogP) is 1.10. The van der Waals surface area contributed by atoms with Gasteiger partial charge in [0.25, 0.3) is 0 Å². The molecular weight excluding hydrogens is 290 g/mol. The molecule has 11 heavy (non-hydrogen) atoms. The number of halogens is 3. The van der Waals surface area contributed by atoms with Gasteiger partial charge in [-0.15, -0.1) is 0 Å². The smallest absolute Gasteiger partial charge is 0.300 e. The zero-order valence-corrected chi connectivity index (χ0v) is 9.44. The summed E-state index contributed by atoms with van der Waals surface area (Å²) in [5.41, 5.74) is 0. The molecule has 2 nitrogen and oxygen atoms in total. The van der Waals surface area contributed by atoms with Gasteiger partial charge in [0.1, 0.15) is 5.78 Å². The third-order valence-corrected chi connectivity index (χ3v) is 0.726. The van der Waals surface area contributed by atoms with Gasteiger partial charge in [-0.2, -0.15) is 13.2 Å². The van der Waals surface area contributed by atoms with Gasteiger partial charge in [0.2, 0.25) is 5.78 Å². The fourth-order valence-electron chi connectivity index (χ4n) is 0.326. The fraction of sp³-hybridized carbons (Fsp3) is 0.600. The van der Waals surface area contributed by atoms with Gasteiger partial charge in [0.05, 0.1) is 6.42 Å². The first-order chi connectivity index (χ1) is 4.34. The second-order valence-corrected chi connectivity index (χ2v) is 1.80. The molecule has 0 bridgehead atoms. The molecule has 0 saturated carbocycles. The van der Waals surface area contributed by atoms with E-state index in [1.807, 2.05) is 0 Å². The normalized spacial score (nSPS) is 10.2. The van der Waals surface area contributed by atoms with E-state index in [4.69, 9.17) is 0 Å². The summed E-state index contributed by atoms with van der Waals surface area (Å²) in [6.45, 7) is 0.934. The molecule has 0 spiro atoms. The third kappa shape index (κ3) is 6.87. The van der Waals surface area contributed by atoms with Crippen molar-refractivity contribution in [1.82, 2.24) is 0 Å². The topological polar surface area (TPSA) is 34.1 Å². The fourth-order valence-corrected chi connectivity index (χ4v) is 0.326. The van der Waals surface area contributed by atoms with Crippen molar-refractivity contribution in [2.45, 2.75) is 19.5 Å². The second kappa shape index (κ2) is 5.19. The molecule has 0 aromatic heterocycles. The van der Waals surface area contributed by atoms with Gasteiger partial charge in [0, 0.05) is 41.3 Å². The van der Waals surface area contributed by atoms with Crippen molar-refractivity contribution in [3.63, 3.8) is 0 Å². The molecule has 0 N–H and O–H groups in total. The number of Topliss-reactive ketones (excluding diaryl/α,β-unsaturated/α-hetero) is 2. The van der Waals surface area contributed by atoms with Crippen LogP contribution in [0.1, 0.15) is 13.3 Å². The molecule has 0 saturated heterocycles. The Morgan fingerprint density at radius 3 is 1.73 bits per heavy atom. The minimum absolute atomic E-state index is 0. The van der Waals surface area contributed by atoms with Crippen molar-refractivity contribution in [3.8, 4) is 0 Å². The Morgan fingerprint density at radius 1 is 1.27 bits per heavy atom. The molecule has 0 rings (SSSR count). The van der Waals surface area contributed by atoms with E-state index in [1.54, 1.807) is 0 Å². The average molecular weight is 295 g/mol. The molecule has 0 atom stereocenters. The van der Waals surface area contributed by atoms with Crippen LogP contribution in [0, 0.1) is 41.3 Å². The van der Waals surface area contributed by atoms with Crippen molar-refractivity contribution in [3.05, 3.63) is 0 Å². The quantitative estimate of drug-likeness (QED) is 0.715. The average Bonchev–Trinajstić information content (AvgIpc) is 1.60. The van der Waals surface area contributed by atoms with Gasteiger partial charge >= 0.3 is 6.18 Å². The Balaban J connectivity index is 0. The molecule has 61 valence electrons. The molecule has 0 aliphatic heterocycles. The molecular formula is C5H5F3O2Pr. The summed E-state index contributed by atoms with van der Waals surface area (Å²) in [5.74, 6) is -2.76. The molecule has 0 fully saturated rings. The summed E-state index contributed by atoms with van der Waals surface area (Å²) in [4.78, 5) is 19.9. The van der Waals surface area contributed by atoms with Crippen molar-refractivity contribution < 1.29 is 64.1 Å². The molecule has 1 radical (unpaired) electrons. The van der Waals surface area contributed by atoms with Crippen LogP contribution in [-0.4, -0.2) is 17.7 Å². The van der Waals surface area contributed by atoms with Crippen molar-refractivity contribution >= 4 is 11.6 Å². The first-order valence-electron chi connectivity index (χ1n) is 2.43. The summed E-state index contributed by atoms with van der Waals surface area (Å²) in [7, 11) is 0. The van der Waals surface area contributed by atoms with Crippen LogP contribution in [-0.2, 0) is 9.59 Å². The van der Waals surface area contributed by atoms with Gasteiger partial charge in [0.15, 0.2) is 0 Å². The van der Waals surface area contributed by atoms with Gasteiger partial charge in [-0.05, 0) is 6.92 Å². The first-order valence-corrected chi connectivity index (χ1v) is 2.43. The molecule has 0 aliphatic rings. The first kappa shape index (κ1) is 14.0. The monoisotopic (exact) mass is 295 g/mol. The van der Waals surface area contributed by atoms with Gasteiger partial charge in [-0.3, -0.25) is 9.59 Å². The maximum absolute atomic E-state index is 11.3. The van der Waals surface area contributed by atoms with Crippen LogP contribution in [0.15, 0.2) is 0 Å². The number of hydrogen-bond acceptors (Lipinski definition) is 2. The predicted molar refractivity (Wildman–Crippen MR) is 26.4 cm³/mol. The zero-order chi connectivity index (χ0) is 8.36. The largest absolute Gasteiger partial charge is 0.450 e. The van der Waals surface area contributed by atoms with Crippen LogP contribution in [0.5, 0.6) is 0 Å². The zero-order valence-electron chi connectivity index (χ0n) is 5.73. The number of ketones is 2. The third-order valence-electron chi connectivity index (χ3n) is 0.726. The molecule has 0 unspecified atom stereocenters. The van der Waals surface area contributed by atoms with E-state index >= 15 is 0 Å². The minimum Gasteiger partial charge on any atom is -0.300 e. The van der Waals surface area contributed by atoms with Crippen LogP contribution < -0.4 is 0 Å². The molecule has 0 aromatic rings.